The molecule has 1 aromatic rings. The minimum absolute atomic E-state index is 0.0578. The van der Waals surface area contributed by atoms with Crippen molar-refractivity contribution in [3.8, 4) is 0 Å². The lowest BCUT2D eigenvalue weighted by molar-refractivity contribution is -0.141. The third kappa shape index (κ3) is 3.74. The van der Waals surface area contributed by atoms with E-state index in [0.717, 1.165) is 49.9 Å². The maximum atomic E-state index is 13.7. The zero-order valence-corrected chi connectivity index (χ0v) is 18.3. The summed E-state index contributed by atoms with van der Waals surface area (Å²) in [6, 6.07) is 6.22. The van der Waals surface area contributed by atoms with Crippen molar-refractivity contribution in [3.63, 3.8) is 0 Å². The van der Waals surface area contributed by atoms with Gasteiger partial charge in [-0.25, -0.2) is 0 Å². The zero-order valence-electron chi connectivity index (χ0n) is 18.3. The second kappa shape index (κ2) is 7.97. The van der Waals surface area contributed by atoms with Crippen LogP contribution in [-0.4, -0.2) is 40.7 Å². The first-order valence-corrected chi connectivity index (χ1v) is 11.3. The van der Waals surface area contributed by atoms with Crippen LogP contribution in [0.15, 0.2) is 23.9 Å². The molecule has 2 atom stereocenters. The Morgan fingerprint density at radius 1 is 0.862 bits per heavy atom. The van der Waals surface area contributed by atoms with Gasteiger partial charge < -0.3 is 4.90 Å². The number of piperidine rings is 1. The molecule has 2 aliphatic heterocycles. The quantitative estimate of drug-likeness (QED) is 0.698. The van der Waals surface area contributed by atoms with Gasteiger partial charge in [-0.15, -0.1) is 0 Å². The summed E-state index contributed by atoms with van der Waals surface area (Å²) in [6.45, 7) is 10.4. The fourth-order valence-corrected chi connectivity index (χ4v) is 5.50. The van der Waals surface area contributed by atoms with Gasteiger partial charge in [0.15, 0.2) is 0 Å². The van der Waals surface area contributed by atoms with Gasteiger partial charge in [0.1, 0.15) is 5.70 Å². The molecule has 1 aliphatic carbocycles. The Kier molecular flexibility index (Phi) is 5.54. The predicted octanol–water partition coefficient (Wildman–Crippen LogP) is 4.69. The summed E-state index contributed by atoms with van der Waals surface area (Å²) in [6.07, 6.45) is 6.48. The van der Waals surface area contributed by atoms with Gasteiger partial charge in [0.2, 0.25) is 0 Å². The molecule has 156 valence electrons. The van der Waals surface area contributed by atoms with Gasteiger partial charge in [0.25, 0.3) is 11.8 Å². The van der Waals surface area contributed by atoms with E-state index in [-0.39, 0.29) is 17.9 Å². The summed E-state index contributed by atoms with van der Waals surface area (Å²) in [5, 5.41) is 0. The Labute approximate surface area is 175 Å². The van der Waals surface area contributed by atoms with E-state index in [9.17, 15) is 9.59 Å². The highest BCUT2D eigenvalue weighted by atomic mass is 16.2. The summed E-state index contributed by atoms with van der Waals surface area (Å²) >= 11 is 0. The minimum Gasteiger partial charge on any atom is -0.366 e. The van der Waals surface area contributed by atoms with Crippen LogP contribution in [0.25, 0.3) is 5.57 Å². The Hall–Kier alpha value is -2.10. The summed E-state index contributed by atoms with van der Waals surface area (Å²) in [4.78, 5) is 31.1. The normalized spacial score (nSPS) is 26.6. The molecule has 4 nitrogen and oxygen atoms in total. The molecular formula is C25H34N2O2. The Balaban J connectivity index is 1.79. The number of hydrogen-bond acceptors (Lipinski definition) is 3. The van der Waals surface area contributed by atoms with Crippen LogP contribution in [0.1, 0.15) is 69.1 Å². The first-order valence-electron chi connectivity index (χ1n) is 11.3. The lowest BCUT2D eigenvalue weighted by atomic mass is 9.90. The minimum atomic E-state index is -0.0777. The van der Waals surface area contributed by atoms with Gasteiger partial charge in [-0.05, 0) is 61.6 Å². The molecule has 0 radical (unpaired) electrons. The molecule has 0 bridgehead atoms. The third-order valence-electron chi connectivity index (χ3n) is 7.01. The van der Waals surface area contributed by atoms with E-state index in [4.69, 9.17) is 0 Å². The fourth-order valence-electron chi connectivity index (χ4n) is 5.50. The van der Waals surface area contributed by atoms with Crippen LogP contribution in [0.4, 0.5) is 0 Å². The van der Waals surface area contributed by atoms with Crippen molar-refractivity contribution < 1.29 is 9.59 Å². The largest absolute Gasteiger partial charge is 0.366 e. The van der Waals surface area contributed by atoms with E-state index in [1.54, 1.807) is 4.90 Å². The third-order valence-corrected chi connectivity index (χ3v) is 7.01. The number of imide groups is 1. The second-order valence-electron chi connectivity index (χ2n) is 9.65. The molecule has 2 fully saturated rings. The maximum absolute atomic E-state index is 13.7. The van der Waals surface area contributed by atoms with Crippen molar-refractivity contribution in [2.24, 2.45) is 11.8 Å². The van der Waals surface area contributed by atoms with Crippen molar-refractivity contribution in [2.75, 3.05) is 13.1 Å². The highest BCUT2D eigenvalue weighted by molar-refractivity contribution is 6.35. The van der Waals surface area contributed by atoms with Gasteiger partial charge in [0, 0.05) is 19.1 Å². The van der Waals surface area contributed by atoms with Gasteiger partial charge in [0.05, 0.1) is 5.57 Å². The molecule has 2 heterocycles. The topological polar surface area (TPSA) is 40.6 Å². The maximum Gasteiger partial charge on any atom is 0.278 e. The molecule has 2 unspecified atom stereocenters. The molecule has 3 aliphatic rings. The molecular weight excluding hydrogens is 360 g/mol. The number of rotatable bonds is 3. The Morgan fingerprint density at radius 2 is 1.52 bits per heavy atom. The number of hydrogen-bond donors (Lipinski definition) is 0. The SMILES string of the molecule is Cc1ccc(C2=C(N3CC(C)CC(C)C3)C(=O)N(C3CCCCC3)C2=O)cc1C. The van der Waals surface area contributed by atoms with Crippen molar-refractivity contribution in [1.82, 2.24) is 9.80 Å². The van der Waals surface area contributed by atoms with Gasteiger partial charge in [-0.3, -0.25) is 14.5 Å². The average Bonchev–Trinajstić information content (AvgIpc) is 2.94. The monoisotopic (exact) mass is 394 g/mol. The highest BCUT2D eigenvalue weighted by Gasteiger charge is 2.45. The average molecular weight is 395 g/mol. The van der Waals surface area contributed by atoms with E-state index in [2.05, 4.69) is 44.7 Å². The van der Waals surface area contributed by atoms with Gasteiger partial charge in [-0.2, -0.15) is 0 Å². The predicted molar refractivity (Wildman–Crippen MR) is 116 cm³/mol. The Bertz CT molecular complexity index is 840. The standard InChI is InChI=1S/C25H34N2O2/c1-16-12-17(2)15-26(14-16)23-22(20-11-10-18(3)19(4)13-20)24(28)27(25(23)29)21-8-6-5-7-9-21/h10-11,13,16-17,21H,5-9,12,14-15H2,1-4H3. The van der Waals surface area contributed by atoms with E-state index in [1.807, 2.05) is 6.07 Å². The van der Waals surface area contributed by atoms with Crippen LogP contribution >= 0.6 is 0 Å². The summed E-state index contributed by atoms with van der Waals surface area (Å²) in [5.74, 6) is 0.917. The highest BCUT2D eigenvalue weighted by Crippen LogP contribution is 2.38. The number of carbonyl (C=O) groups excluding carboxylic acids is 2. The molecule has 2 amide bonds. The van der Waals surface area contributed by atoms with Crippen LogP contribution in [-0.2, 0) is 9.59 Å². The number of benzene rings is 1. The van der Waals surface area contributed by atoms with Crippen LogP contribution in [0.3, 0.4) is 0 Å². The summed E-state index contributed by atoms with van der Waals surface area (Å²) in [7, 11) is 0. The molecule has 4 rings (SSSR count). The molecule has 4 heteroatoms. The van der Waals surface area contributed by atoms with E-state index >= 15 is 0 Å². The fraction of sp³-hybridized carbons (Fsp3) is 0.600. The van der Waals surface area contributed by atoms with Gasteiger partial charge in [-0.1, -0.05) is 51.3 Å². The molecule has 1 saturated carbocycles. The van der Waals surface area contributed by atoms with Crippen molar-refractivity contribution in [2.45, 2.75) is 72.3 Å². The smallest absolute Gasteiger partial charge is 0.278 e. The van der Waals surface area contributed by atoms with Crippen molar-refractivity contribution >= 4 is 17.4 Å². The van der Waals surface area contributed by atoms with Gasteiger partial charge >= 0.3 is 0 Å². The Morgan fingerprint density at radius 3 is 2.14 bits per heavy atom. The number of carbonyl (C=O) groups is 2. The van der Waals surface area contributed by atoms with Crippen LogP contribution < -0.4 is 0 Å². The second-order valence-corrected chi connectivity index (χ2v) is 9.65. The van der Waals surface area contributed by atoms with Crippen LogP contribution in [0.5, 0.6) is 0 Å². The van der Waals surface area contributed by atoms with Crippen LogP contribution in [0, 0.1) is 25.7 Å². The van der Waals surface area contributed by atoms with E-state index < -0.39 is 0 Å². The number of likely N-dealkylation sites (tertiary alicyclic amines) is 1. The lowest BCUT2D eigenvalue weighted by Gasteiger charge is -2.37. The van der Waals surface area contributed by atoms with E-state index in [1.165, 1.54) is 18.4 Å². The molecule has 1 saturated heterocycles. The molecule has 29 heavy (non-hydrogen) atoms. The van der Waals surface area contributed by atoms with Crippen molar-refractivity contribution in [1.29, 1.82) is 0 Å². The molecule has 0 spiro atoms. The number of amides is 2. The van der Waals surface area contributed by atoms with Crippen molar-refractivity contribution in [3.05, 3.63) is 40.6 Å². The molecule has 0 N–H and O–H groups in total. The van der Waals surface area contributed by atoms with Crippen LogP contribution in [0.2, 0.25) is 0 Å². The zero-order chi connectivity index (χ0) is 20.7. The number of aryl methyl sites for hydroxylation is 2. The molecule has 0 aromatic heterocycles. The summed E-state index contributed by atoms with van der Waals surface area (Å²) in [5.41, 5.74) is 4.54. The molecule has 1 aromatic carbocycles. The lowest BCUT2D eigenvalue weighted by Crippen LogP contribution is -2.45. The number of nitrogens with zero attached hydrogens (tertiary/aromatic N) is 2. The summed E-state index contributed by atoms with van der Waals surface area (Å²) < 4.78 is 0. The van der Waals surface area contributed by atoms with E-state index in [0.29, 0.717) is 23.1 Å². The first-order chi connectivity index (χ1) is 13.9. The first kappa shape index (κ1) is 20.2.